The van der Waals surface area contributed by atoms with Crippen molar-refractivity contribution >= 4 is 23.0 Å². The van der Waals surface area contributed by atoms with Gasteiger partial charge in [0, 0.05) is 29.9 Å². The number of methoxy groups -OCH3 is 1. The smallest absolute Gasteiger partial charge is 0.170 e. The lowest BCUT2D eigenvalue weighted by molar-refractivity contribution is 0.205. The number of nitrogens with one attached hydrogen (secondary N) is 1. The van der Waals surface area contributed by atoms with E-state index in [1.54, 1.807) is 25.6 Å². The summed E-state index contributed by atoms with van der Waals surface area (Å²) in [6.45, 7) is 0.660. The number of aromatic nitrogens is 7. The van der Waals surface area contributed by atoms with Gasteiger partial charge in [0.2, 0.25) is 0 Å². The fraction of sp³-hybridized carbons (Fsp3) is 0.292. The van der Waals surface area contributed by atoms with E-state index >= 15 is 4.39 Å². The van der Waals surface area contributed by atoms with Gasteiger partial charge in [0.1, 0.15) is 12.2 Å². The highest BCUT2D eigenvalue weighted by Crippen LogP contribution is 2.44. The molecule has 0 amide bonds. The lowest BCUT2D eigenvalue weighted by atomic mass is 9.92. The lowest BCUT2D eigenvalue weighted by Gasteiger charge is -2.33. The zero-order valence-electron chi connectivity index (χ0n) is 19.4. The average Bonchev–Trinajstić information content (AvgIpc) is 3.65. The minimum Gasteiger partial charge on any atom is -0.492 e. The van der Waals surface area contributed by atoms with Crippen molar-refractivity contribution < 1.29 is 9.13 Å². The molecule has 6 rings (SSSR count). The molecule has 5 heterocycles. The number of pyridine rings is 1. The van der Waals surface area contributed by atoms with Crippen LogP contribution in [-0.4, -0.2) is 59.8 Å². The summed E-state index contributed by atoms with van der Waals surface area (Å²) < 4.78 is 22.2. The highest BCUT2D eigenvalue weighted by Gasteiger charge is 2.38. The number of tetrazole rings is 1. The van der Waals surface area contributed by atoms with E-state index in [9.17, 15) is 0 Å². The Bertz CT molecular complexity index is 1450. The first-order chi connectivity index (χ1) is 17.5. The standard InChI is InChI=1S/C24H23ClFN9O/c1-36-22-15(6-8-28-23(22)27)17-11-29-24(31-17)19-4-2-14-10-13(7-9-34(14)19)20-18(35-12-30-32-33-35)5-3-16(25)21(20)26/h3,5-8,11-12,14,19H,2,4,9-10H2,1H3,(H2,27,28)(H,29,31)/t14-,19+/m0/s1. The number of rotatable bonds is 5. The number of fused-ring (bicyclic) bond motifs is 1. The van der Waals surface area contributed by atoms with Crippen molar-refractivity contribution in [3.05, 3.63) is 65.2 Å². The van der Waals surface area contributed by atoms with Crippen LogP contribution in [-0.2, 0) is 0 Å². The van der Waals surface area contributed by atoms with E-state index in [4.69, 9.17) is 22.1 Å². The Morgan fingerprint density at radius 3 is 2.92 bits per heavy atom. The summed E-state index contributed by atoms with van der Waals surface area (Å²) in [5.41, 5.74) is 9.52. The molecule has 36 heavy (non-hydrogen) atoms. The highest BCUT2D eigenvalue weighted by atomic mass is 35.5. The highest BCUT2D eigenvalue weighted by molar-refractivity contribution is 6.31. The predicted octanol–water partition coefficient (Wildman–Crippen LogP) is 3.82. The Labute approximate surface area is 210 Å². The molecule has 2 aliphatic rings. The SMILES string of the molecule is COc1c(-c2cnc([C@H]3CC[C@H]4CC(c5c(-n6cnnn6)ccc(Cl)c5F)=CCN43)[nH]2)ccnc1N. The van der Waals surface area contributed by atoms with Crippen LogP contribution in [0.15, 0.2) is 43.0 Å². The summed E-state index contributed by atoms with van der Waals surface area (Å²) in [6, 6.07) is 5.48. The van der Waals surface area contributed by atoms with E-state index in [1.807, 2.05) is 6.07 Å². The summed E-state index contributed by atoms with van der Waals surface area (Å²) in [7, 11) is 1.57. The van der Waals surface area contributed by atoms with Crippen molar-refractivity contribution in [3.63, 3.8) is 0 Å². The van der Waals surface area contributed by atoms with Gasteiger partial charge in [-0.3, -0.25) is 4.90 Å². The van der Waals surface area contributed by atoms with Crippen molar-refractivity contribution in [3.8, 4) is 22.7 Å². The molecule has 0 saturated carbocycles. The molecule has 0 aliphatic carbocycles. The van der Waals surface area contributed by atoms with Crippen LogP contribution in [0, 0.1) is 5.82 Å². The third kappa shape index (κ3) is 3.71. The van der Waals surface area contributed by atoms with Gasteiger partial charge in [-0.05, 0) is 53.5 Å². The maximum atomic E-state index is 15.3. The molecule has 184 valence electrons. The quantitative estimate of drug-likeness (QED) is 0.418. The molecule has 0 unspecified atom stereocenters. The molecule has 1 saturated heterocycles. The van der Waals surface area contributed by atoms with E-state index in [0.29, 0.717) is 35.8 Å². The van der Waals surface area contributed by atoms with Crippen LogP contribution >= 0.6 is 11.6 Å². The van der Waals surface area contributed by atoms with Crippen LogP contribution in [0.5, 0.6) is 5.75 Å². The van der Waals surface area contributed by atoms with E-state index < -0.39 is 5.82 Å². The number of H-pyrrole nitrogens is 1. The molecule has 0 radical (unpaired) electrons. The molecular weight excluding hydrogens is 485 g/mol. The van der Waals surface area contributed by atoms with Gasteiger partial charge in [-0.2, -0.15) is 4.68 Å². The van der Waals surface area contributed by atoms with Crippen molar-refractivity contribution in [2.24, 2.45) is 0 Å². The van der Waals surface area contributed by atoms with Crippen LogP contribution in [0.2, 0.25) is 5.02 Å². The molecule has 1 fully saturated rings. The fourth-order valence-corrected chi connectivity index (χ4v) is 5.48. The van der Waals surface area contributed by atoms with Gasteiger partial charge in [0.25, 0.3) is 0 Å². The number of aromatic amines is 1. The number of benzene rings is 1. The second-order valence-corrected chi connectivity index (χ2v) is 9.25. The number of nitrogen functional groups attached to an aromatic ring is 1. The maximum absolute atomic E-state index is 15.3. The van der Waals surface area contributed by atoms with Crippen LogP contribution in [0.4, 0.5) is 10.2 Å². The molecule has 3 N–H and O–H groups in total. The Hall–Kier alpha value is -3.83. The van der Waals surface area contributed by atoms with Crippen LogP contribution in [0.3, 0.4) is 0 Å². The first-order valence-corrected chi connectivity index (χ1v) is 11.9. The summed E-state index contributed by atoms with van der Waals surface area (Å²) in [5.74, 6) is 1.27. The average molecular weight is 508 g/mol. The van der Waals surface area contributed by atoms with Gasteiger partial charge in [-0.15, -0.1) is 5.10 Å². The number of nitrogens with zero attached hydrogens (tertiary/aromatic N) is 7. The fourth-order valence-electron chi connectivity index (χ4n) is 5.33. The minimum atomic E-state index is -0.458. The zero-order chi connectivity index (χ0) is 24.8. The van der Waals surface area contributed by atoms with E-state index in [2.05, 4.69) is 41.5 Å². The molecule has 10 nitrogen and oxygen atoms in total. The van der Waals surface area contributed by atoms with Gasteiger partial charge in [-0.1, -0.05) is 17.7 Å². The minimum absolute atomic E-state index is 0.0738. The van der Waals surface area contributed by atoms with Gasteiger partial charge < -0.3 is 15.5 Å². The first kappa shape index (κ1) is 22.6. The summed E-state index contributed by atoms with van der Waals surface area (Å²) >= 11 is 6.16. The Balaban J connectivity index is 1.29. The Kier molecular flexibility index (Phi) is 5.65. The number of ether oxygens (including phenoxy) is 1. The lowest BCUT2D eigenvalue weighted by Crippen LogP contribution is -2.35. The zero-order valence-corrected chi connectivity index (χ0v) is 20.2. The van der Waals surface area contributed by atoms with Gasteiger partial charge in [-0.25, -0.2) is 14.4 Å². The molecule has 12 heteroatoms. The Morgan fingerprint density at radius 2 is 2.11 bits per heavy atom. The third-order valence-corrected chi connectivity index (χ3v) is 7.27. The molecule has 0 bridgehead atoms. The maximum Gasteiger partial charge on any atom is 0.170 e. The van der Waals surface area contributed by atoms with Crippen LogP contribution in [0.1, 0.15) is 36.7 Å². The first-order valence-electron chi connectivity index (χ1n) is 11.6. The topological polar surface area (TPSA) is 124 Å². The largest absolute Gasteiger partial charge is 0.492 e. The van der Waals surface area contributed by atoms with Gasteiger partial charge in [0.05, 0.1) is 35.8 Å². The molecule has 2 atom stereocenters. The Morgan fingerprint density at radius 1 is 1.22 bits per heavy atom. The van der Waals surface area contributed by atoms with Gasteiger partial charge in [0.15, 0.2) is 17.4 Å². The number of imidazole rings is 1. The summed E-state index contributed by atoms with van der Waals surface area (Å²) in [5, 5.41) is 11.4. The molecule has 4 aromatic rings. The molecule has 1 aromatic carbocycles. The monoisotopic (exact) mass is 507 g/mol. The van der Waals surface area contributed by atoms with Gasteiger partial charge >= 0.3 is 0 Å². The third-order valence-electron chi connectivity index (χ3n) is 6.97. The van der Waals surface area contributed by atoms with Crippen molar-refractivity contribution in [1.29, 1.82) is 0 Å². The molecule has 0 spiro atoms. The van der Waals surface area contributed by atoms with Crippen LogP contribution in [0.25, 0.3) is 22.5 Å². The number of hydrogen-bond donors (Lipinski definition) is 2. The van der Waals surface area contributed by atoms with Crippen LogP contribution < -0.4 is 10.5 Å². The van der Waals surface area contributed by atoms with E-state index in [0.717, 1.165) is 35.5 Å². The number of anilines is 1. The van der Waals surface area contributed by atoms with E-state index in [-0.39, 0.29) is 17.1 Å². The van der Waals surface area contributed by atoms with E-state index in [1.165, 1.54) is 17.1 Å². The molecular formula is C24H23ClFN9O. The second-order valence-electron chi connectivity index (χ2n) is 8.85. The van der Waals surface area contributed by atoms with Crippen molar-refractivity contribution in [1.82, 2.24) is 40.1 Å². The summed E-state index contributed by atoms with van der Waals surface area (Å²) in [4.78, 5) is 14.6. The number of halogens is 2. The van der Waals surface area contributed by atoms with Crippen molar-refractivity contribution in [2.45, 2.75) is 31.3 Å². The second kappa shape index (κ2) is 8.99. The molecule has 3 aromatic heterocycles. The number of hydrogen-bond acceptors (Lipinski definition) is 8. The normalized spacial score (nSPS) is 19.8. The predicted molar refractivity (Wildman–Crippen MR) is 132 cm³/mol. The molecule has 2 aliphatic heterocycles. The van der Waals surface area contributed by atoms with Crippen molar-refractivity contribution in [2.75, 3.05) is 19.4 Å². The number of nitrogens with two attached hydrogens (primary N) is 1. The summed E-state index contributed by atoms with van der Waals surface area (Å²) in [6.07, 6.45) is 9.55.